The van der Waals surface area contributed by atoms with Crippen molar-refractivity contribution in [1.29, 1.82) is 0 Å². The van der Waals surface area contributed by atoms with Gasteiger partial charge in [-0.3, -0.25) is 4.79 Å². The summed E-state index contributed by atoms with van der Waals surface area (Å²) in [5.74, 6) is -0.829. The molecule has 0 aliphatic carbocycles. The van der Waals surface area contributed by atoms with Crippen LogP contribution in [0, 0.1) is 6.92 Å². The van der Waals surface area contributed by atoms with Gasteiger partial charge in [0.2, 0.25) is 0 Å². The van der Waals surface area contributed by atoms with Crippen LogP contribution >= 0.6 is 24.2 Å². The van der Waals surface area contributed by atoms with Crippen molar-refractivity contribution in [2.45, 2.75) is 43.0 Å². The maximum Gasteiger partial charge on any atom is 0.320 e. The summed E-state index contributed by atoms with van der Waals surface area (Å²) in [5, 5.41) is 12.5. The van der Waals surface area contributed by atoms with Gasteiger partial charge in [0, 0.05) is 16.2 Å². The Labute approximate surface area is 154 Å². The summed E-state index contributed by atoms with van der Waals surface area (Å²) in [7, 11) is 0. The van der Waals surface area contributed by atoms with E-state index in [0.717, 1.165) is 0 Å². The number of hydrogen-bond donors (Lipinski definition) is 2. The van der Waals surface area contributed by atoms with Crippen LogP contribution in [0.2, 0.25) is 0 Å². The number of carboxylic acid groups (broad SMARTS) is 1. The van der Waals surface area contributed by atoms with Gasteiger partial charge in [-0.05, 0) is 38.5 Å². The SMILES string of the molecule is Cc1ccc(C(Sc2ccccc2)C(C)N[C@@H](C)C(=O)O)cc1.Cl. The van der Waals surface area contributed by atoms with E-state index in [-0.39, 0.29) is 23.7 Å². The van der Waals surface area contributed by atoms with Crippen LogP contribution in [0.1, 0.15) is 30.2 Å². The molecule has 3 atom stereocenters. The van der Waals surface area contributed by atoms with E-state index in [2.05, 4.69) is 48.6 Å². The second kappa shape index (κ2) is 9.72. The van der Waals surface area contributed by atoms with Crippen LogP contribution in [0.3, 0.4) is 0 Å². The standard InChI is InChI=1S/C19H23NO2S.ClH/c1-13-9-11-16(12-10-13)18(14(2)20-15(3)19(21)22)23-17-7-5-4-6-8-17;/h4-12,14-15,18,20H,1-3H3,(H,21,22);1H/t14?,15-,18?;/m0./s1. The first-order chi connectivity index (χ1) is 11.0. The molecule has 0 saturated heterocycles. The van der Waals surface area contributed by atoms with Crippen molar-refractivity contribution in [1.82, 2.24) is 5.32 Å². The molecular formula is C19H24ClNO2S. The molecule has 2 rings (SSSR count). The highest BCUT2D eigenvalue weighted by Gasteiger charge is 2.24. The summed E-state index contributed by atoms with van der Waals surface area (Å²) in [6.07, 6.45) is 0. The molecule has 0 aliphatic rings. The summed E-state index contributed by atoms with van der Waals surface area (Å²) < 4.78 is 0. The van der Waals surface area contributed by atoms with Gasteiger partial charge in [-0.1, -0.05) is 48.0 Å². The molecule has 0 aromatic heterocycles. The first-order valence-corrected chi connectivity index (χ1v) is 8.62. The molecule has 0 amide bonds. The number of thioether (sulfide) groups is 1. The second-order valence-electron chi connectivity index (χ2n) is 5.78. The van der Waals surface area contributed by atoms with E-state index in [0.29, 0.717) is 0 Å². The van der Waals surface area contributed by atoms with E-state index in [9.17, 15) is 4.79 Å². The van der Waals surface area contributed by atoms with Crippen molar-refractivity contribution in [2.75, 3.05) is 0 Å². The number of benzene rings is 2. The molecule has 0 bridgehead atoms. The van der Waals surface area contributed by atoms with Crippen LogP contribution in [-0.4, -0.2) is 23.2 Å². The number of carbonyl (C=O) groups is 1. The van der Waals surface area contributed by atoms with E-state index in [1.807, 2.05) is 25.1 Å². The zero-order valence-electron chi connectivity index (χ0n) is 14.1. The zero-order valence-corrected chi connectivity index (χ0v) is 15.7. The molecule has 2 N–H and O–H groups in total. The van der Waals surface area contributed by atoms with Crippen LogP contribution in [0.4, 0.5) is 0 Å². The summed E-state index contributed by atoms with van der Waals surface area (Å²) in [5.41, 5.74) is 2.42. The largest absolute Gasteiger partial charge is 0.480 e. The molecule has 0 radical (unpaired) electrons. The zero-order chi connectivity index (χ0) is 16.8. The molecule has 0 spiro atoms. The molecule has 2 aromatic carbocycles. The average molecular weight is 366 g/mol. The van der Waals surface area contributed by atoms with Crippen LogP contribution in [0.25, 0.3) is 0 Å². The third kappa shape index (κ3) is 5.86. The molecule has 0 aliphatic heterocycles. The molecule has 0 saturated carbocycles. The third-order valence-electron chi connectivity index (χ3n) is 3.75. The van der Waals surface area contributed by atoms with Gasteiger partial charge < -0.3 is 10.4 Å². The predicted octanol–water partition coefficient (Wildman–Crippen LogP) is 4.70. The van der Waals surface area contributed by atoms with Gasteiger partial charge in [0.15, 0.2) is 0 Å². The molecule has 130 valence electrons. The van der Waals surface area contributed by atoms with Crippen molar-refractivity contribution >= 4 is 30.1 Å². The maximum absolute atomic E-state index is 11.1. The first kappa shape index (κ1) is 20.6. The minimum Gasteiger partial charge on any atom is -0.480 e. The van der Waals surface area contributed by atoms with E-state index in [1.165, 1.54) is 16.0 Å². The van der Waals surface area contributed by atoms with Crippen molar-refractivity contribution < 1.29 is 9.90 Å². The molecule has 5 heteroatoms. The maximum atomic E-state index is 11.1. The van der Waals surface area contributed by atoms with Gasteiger partial charge in [0.25, 0.3) is 0 Å². The number of aliphatic carboxylic acids is 1. The van der Waals surface area contributed by atoms with Crippen molar-refractivity contribution in [3.05, 3.63) is 65.7 Å². The highest BCUT2D eigenvalue weighted by molar-refractivity contribution is 7.99. The number of hydrogen-bond acceptors (Lipinski definition) is 3. The minimum absolute atomic E-state index is 0. The first-order valence-electron chi connectivity index (χ1n) is 7.74. The van der Waals surface area contributed by atoms with Gasteiger partial charge in [0.1, 0.15) is 6.04 Å². The Kier molecular flexibility index (Phi) is 8.32. The number of rotatable bonds is 7. The van der Waals surface area contributed by atoms with Gasteiger partial charge in [-0.2, -0.15) is 0 Å². The highest BCUT2D eigenvalue weighted by atomic mass is 35.5. The Balaban J connectivity index is 0.00000288. The van der Waals surface area contributed by atoms with E-state index in [1.54, 1.807) is 18.7 Å². The van der Waals surface area contributed by atoms with E-state index >= 15 is 0 Å². The molecule has 0 fully saturated rings. The van der Waals surface area contributed by atoms with Gasteiger partial charge in [-0.25, -0.2) is 0 Å². The lowest BCUT2D eigenvalue weighted by atomic mass is 10.0. The molecule has 0 heterocycles. The average Bonchev–Trinajstić information content (AvgIpc) is 2.54. The fraction of sp³-hybridized carbons (Fsp3) is 0.316. The number of halogens is 1. The van der Waals surface area contributed by atoms with Crippen LogP contribution < -0.4 is 5.32 Å². The van der Waals surface area contributed by atoms with Crippen molar-refractivity contribution in [2.24, 2.45) is 0 Å². The summed E-state index contributed by atoms with van der Waals surface area (Å²) in [4.78, 5) is 12.3. The third-order valence-corrected chi connectivity index (χ3v) is 5.23. The lowest BCUT2D eigenvalue weighted by Gasteiger charge is -2.27. The predicted molar refractivity (Wildman–Crippen MR) is 103 cm³/mol. The number of carboxylic acids is 1. The Bertz CT molecular complexity index is 634. The van der Waals surface area contributed by atoms with E-state index < -0.39 is 12.0 Å². The molecule has 3 nitrogen and oxygen atoms in total. The topological polar surface area (TPSA) is 49.3 Å². The Morgan fingerprint density at radius 1 is 1.04 bits per heavy atom. The van der Waals surface area contributed by atoms with Crippen LogP contribution in [0.15, 0.2) is 59.5 Å². The Morgan fingerprint density at radius 2 is 1.62 bits per heavy atom. The lowest BCUT2D eigenvalue weighted by molar-refractivity contribution is -0.139. The fourth-order valence-electron chi connectivity index (χ4n) is 2.41. The summed E-state index contributed by atoms with van der Waals surface area (Å²) >= 11 is 1.75. The van der Waals surface area contributed by atoms with Gasteiger partial charge in [-0.15, -0.1) is 24.2 Å². The molecule has 2 unspecified atom stereocenters. The van der Waals surface area contributed by atoms with Gasteiger partial charge >= 0.3 is 5.97 Å². The minimum atomic E-state index is -0.829. The second-order valence-corrected chi connectivity index (χ2v) is 6.99. The Hall–Kier alpha value is -1.49. The molecule has 2 aromatic rings. The lowest BCUT2D eigenvalue weighted by Crippen LogP contribution is -2.42. The summed E-state index contributed by atoms with van der Waals surface area (Å²) in [6.45, 7) is 5.79. The highest BCUT2D eigenvalue weighted by Crippen LogP contribution is 2.37. The summed E-state index contributed by atoms with van der Waals surface area (Å²) in [6, 6.07) is 18.1. The van der Waals surface area contributed by atoms with Crippen molar-refractivity contribution in [3.8, 4) is 0 Å². The molecular weight excluding hydrogens is 342 g/mol. The van der Waals surface area contributed by atoms with E-state index in [4.69, 9.17) is 5.11 Å². The van der Waals surface area contributed by atoms with Crippen LogP contribution in [0.5, 0.6) is 0 Å². The molecule has 24 heavy (non-hydrogen) atoms. The normalized spacial score (nSPS) is 14.3. The number of nitrogens with one attached hydrogen (secondary N) is 1. The van der Waals surface area contributed by atoms with Crippen molar-refractivity contribution in [3.63, 3.8) is 0 Å². The van der Waals surface area contributed by atoms with Gasteiger partial charge in [0.05, 0.1) is 0 Å². The Morgan fingerprint density at radius 3 is 2.17 bits per heavy atom. The fourth-order valence-corrected chi connectivity index (χ4v) is 3.60. The monoisotopic (exact) mass is 365 g/mol. The quantitative estimate of drug-likeness (QED) is 0.698. The van der Waals surface area contributed by atoms with Crippen LogP contribution in [-0.2, 0) is 4.79 Å². The smallest absolute Gasteiger partial charge is 0.320 e. The number of aryl methyl sites for hydroxylation is 1.